The Labute approximate surface area is 224 Å². The number of nitrogens with zero attached hydrogens (tertiary/aromatic N) is 1. The van der Waals surface area contributed by atoms with Gasteiger partial charge in [0.05, 0.1) is 36.4 Å². The van der Waals surface area contributed by atoms with Gasteiger partial charge in [-0.25, -0.2) is 0 Å². The molecule has 5 N–H and O–H groups in total. The van der Waals surface area contributed by atoms with Gasteiger partial charge in [0.1, 0.15) is 18.5 Å². The number of unbranched alkanes of at least 4 members (excludes halogenated alkanes) is 1. The third kappa shape index (κ3) is 12.5. The van der Waals surface area contributed by atoms with Crippen molar-refractivity contribution in [2.75, 3.05) is 19.8 Å². The largest absolute Gasteiger partial charge is 0.491 e. The fourth-order valence-electron chi connectivity index (χ4n) is 4.16. The number of aliphatic hydroxyl groups excluding tert-OH is 3. The molecule has 0 radical (unpaired) electrons. The van der Waals surface area contributed by atoms with Crippen molar-refractivity contribution >= 4 is 5.97 Å². The smallest absolute Gasteiger partial charge is 0.416 e. The van der Waals surface area contributed by atoms with Gasteiger partial charge in [-0.2, -0.15) is 13.2 Å². The highest BCUT2D eigenvalue weighted by Crippen LogP contribution is 2.36. The van der Waals surface area contributed by atoms with Crippen LogP contribution in [0.3, 0.4) is 0 Å². The number of allylic oxidation sites excluding steroid dienone is 2. The van der Waals surface area contributed by atoms with E-state index in [0.717, 1.165) is 12.1 Å². The summed E-state index contributed by atoms with van der Waals surface area (Å²) in [6.45, 7) is -0.216. The van der Waals surface area contributed by atoms with Crippen molar-refractivity contribution < 1.29 is 58.0 Å². The summed E-state index contributed by atoms with van der Waals surface area (Å²) in [5.41, 5.74) is -0.856. The molecule has 2 rings (SSSR count). The number of halogens is 3. The number of rotatable bonds is 16. The molecule has 5 atom stereocenters. The lowest BCUT2D eigenvalue weighted by Crippen LogP contribution is -2.21. The number of aliphatic hydroxyl groups is 3. The molecular weight excluding hydrogens is 527 g/mol. The summed E-state index contributed by atoms with van der Waals surface area (Å²) < 4.78 is 48.7. The van der Waals surface area contributed by atoms with Gasteiger partial charge < -0.3 is 24.8 Å². The summed E-state index contributed by atoms with van der Waals surface area (Å²) in [6, 6.07) is 4.34. The van der Waals surface area contributed by atoms with E-state index < -0.39 is 41.4 Å². The molecule has 0 aromatic heterocycles. The highest BCUT2D eigenvalue weighted by atomic mass is 19.4. The fourth-order valence-corrected chi connectivity index (χ4v) is 4.16. The predicted octanol–water partition coefficient (Wildman–Crippen LogP) is 3.42. The maximum atomic E-state index is 12.8. The first-order valence-electron chi connectivity index (χ1n) is 12.6. The second-order valence-electron chi connectivity index (χ2n) is 9.16. The molecular formula is C26H36F3NO9. The van der Waals surface area contributed by atoms with Crippen LogP contribution in [-0.2, 0) is 20.5 Å². The second kappa shape index (κ2) is 16.6. The lowest BCUT2D eigenvalue weighted by Gasteiger charge is -2.19. The van der Waals surface area contributed by atoms with Crippen molar-refractivity contribution in [1.82, 2.24) is 5.39 Å². The first-order valence-corrected chi connectivity index (χ1v) is 12.6. The average molecular weight is 564 g/mol. The van der Waals surface area contributed by atoms with Crippen LogP contribution in [0.4, 0.5) is 13.2 Å². The number of alkyl halides is 3. The Morgan fingerprint density at radius 1 is 1.13 bits per heavy atom. The molecule has 0 aliphatic heterocycles. The molecule has 0 spiro atoms. The van der Waals surface area contributed by atoms with E-state index in [1.807, 2.05) is 12.2 Å². The fraction of sp³-hybridized carbons (Fsp3) is 0.577. The Hall–Kier alpha value is -2.52. The number of hydrogen-bond donors (Lipinski definition) is 5. The van der Waals surface area contributed by atoms with E-state index >= 15 is 0 Å². The maximum absolute atomic E-state index is 12.8. The Bertz CT molecular complexity index is 926. The topological polar surface area (TPSA) is 149 Å². The van der Waals surface area contributed by atoms with Crippen molar-refractivity contribution in [3.05, 3.63) is 54.1 Å². The van der Waals surface area contributed by atoms with Crippen LogP contribution in [0, 0.1) is 11.8 Å². The van der Waals surface area contributed by atoms with Gasteiger partial charge in [-0.1, -0.05) is 30.4 Å². The average Bonchev–Trinajstić information content (AvgIpc) is 3.14. The zero-order chi connectivity index (χ0) is 28.8. The van der Waals surface area contributed by atoms with Crippen LogP contribution >= 0.6 is 0 Å². The first kappa shape index (κ1) is 32.7. The number of carbonyl (C=O) groups is 1. The van der Waals surface area contributed by atoms with Crippen LogP contribution in [0.1, 0.15) is 44.1 Å². The normalized spacial score (nSPS) is 22.7. The number of ether oxygens (including phenoxy) is 2. The van der Waals surface area contributed by atoms with Gasteiger partial charge in [0.2, 0.25) is 0 Å². The van der Waals surface area contributed by atoms with Crippen LogP contribution in [-0.4, -0.2) is 75.2 Å². The van der Waals surface area contributed by atoms with E-state index in [2.05, 4.69) is 4.84 Å². The van der Waals surface area contributed by atoms with Gasteiger partial charge in [-0.15, -0.1) is 0 Å². The molecule has 1 saturated carbocycles. The summed E-state index contributed by atoms with van der Waals surface area (Å²) >= 11 is 0. The molecule has 1 fully saturated rings. The van der Waals surface area contributed by atoms with Crippen LogP contribution in [0.5, 0.6) is 5.75 Å². The van der Waals surface area contributed by atoms with Crippen molar-refractivity contribution in [3.8, 4) is 5.75 Å². The van der Waals surface area contributed by atoms with E-state index in [1.54, 1.807) is 6.08 Å². The summed E-state index contributed by atoms with van der Waals surface area (Å²) in [5, 5.41) is 47.2. The molecule has 0 heterocycles. The minimum Gasteiger partial charge on any atom is -0.491 e. The summed E-state index contributed by atoms with van der Waals surface area (Å²) in [6.07, 6.45) is 1.80. The molecule has 10 nitrogen and oxygen atoms in total. The summed E-state index contributed by atoms with van der Waals surface area (Å²) in [5.74, 6) is -1.15. The zero-order valence-electron chi connectivity index (χ0n) is 21.3. The van der Waals surface area contributed by atoms with E-state index in [0.29, 0.717) is 25.7 Å². The second-order valence-corrected chi connectivity index (χ2v) is 9.16. The van der Waals surface area contributed by atoms with E-state index in [-0.39, 0.29) is 50.3 Å². The molecule has 1 aromatic carbocycles. The number of carbonyl (C=O) groups excluding carboxylic acids is 1. The molecule has 0 saturated heterocycles. The van der Waals surface area contributed by atoms with Crippen molar-refractivity contribution in [3.63, 3.8) is 0 Å². The number of esters is 1. The molecule has 0 bridgehead atoms. The summed E-state index contributed by atoms with van der Waals surface area (Å²) in [7, 11) is 0. The maximum Gasteiger partial charge on any atom is 0.416 e. The Kier molecular flexibility index (Phi) is 13.9. The lowest BCUT2D eigenvalue weighted by atomic mass is 9.89. The number of benzene rings is 1. The highest BCUT2D eigenvalue weighted by molar-refractivity contribution is 5.69. The minimum absolute atomic E-state index is 0.0204. The molecule has 1 aliphatic carbocycles. The van der Waals surface area contributed by atoms with E-state index in [4.69, 9.17) is 19.9 Å². The van der Waals surface area contributed by atoms with Crippen LogP contribution in [0.25, 0.3) is 0 Å². The van der Waals surface area contributed by atoms with E-state index in [1.165, 1.54) is 18.2 Å². The van der Waals surface area contributed by atoms with Crippen LogP contribution < -0.4 is 4.74 Å². The van der Waals surface area contributed by atoms with Gasteiger partial charge in [0, 0.05) is 25.2 Å². The third-order valence-corrected chi connectivity index (χ3v) is 6.14. The molecule has 0 unspecified atom stereocenters. The monoisotopic (exact) mass is 563 g/mol. The third-order valence-electron chi connectivity index (χ3n) is 6.14. The molecule has 1 aliphatic rings. The summed E-state index contributed by atoms with van der Waals surface area (Å²) in [4.78, 5) is 16.0. The SMILES string of the molecule is O=C(CCC/C=C\C[C@@H]1[C@@H](/C=C/[C@@H](O)COc2cccc(C(F)(F)F)c2)[C@H](O)C[C@@H]1O)OCCCON(O)O. The van der Waals surface area contributed by atoms with Gasteiger partial charge in [0.25, 0.3) is 0 Å². The molecule has 13 heteroatoms. The minimum atomic E-state index is -4.50. The van der Waals surface area contributed by atoms with Gasteiger partial charge >= 0.3 is 12.1 Å². The standard InChI is InChI=1S/C26H36F3NO9/c27-26(28,29)18-7-5-8-20(15-18)38-17-19(31)11-12-22-21(23(32)16-24(22)33)9-3-1-2-4-10-25(34)37-13-6-14-39-30(35)36/h1,3,5,7-8,11-12,15,19,21-24,31-33,35-36H,2,4,6,9-10,13-14,16-17H2/b3-1-,12-11+/t19-,21-,22-,23+,24-/m1/s1. The number of hydrogen-bond acceptors (Lipinski definition) is 10. The van der Waals surface area contributed by atoms with Crippen LogP contribution in [0.15, 0.2) is 48.6 Å². The Balaban J connectivity index is 1.73. The molecule has 220 valence electrons. The zero-order valence-corrected chi connectivity index (χ0v) is 21.3. The van der Waals surface area contributed by atoms with Crippen molar-refractivity contribution in [2.24, 2.45) is 11.8 Å². The molecule has 1 aromatic rings. The highest BCUT2D eigenvalue weighted by Gasteiger charge is 2.39. The van der Waals surface area contributed by atoms with Crippen molar-refractivity contribution in [1.29, 1.82) is 0 Å². The molecule has 39 heavy (non-hydrogen) atoms. The molecule has 0 amide bonds. The Morgan fingerprint density at radius 2 is 1.90 bits per heavy atom. The van der Waals surface area contributed by atoms with Gasteiger partial charge in [-0.05, 0) is 43.4 Å². The Morgan fingerprint density at radius 3 is 2.62 bits per heavy atom. The lowest BCUT2D eigenvalue weighted by molar-refractivity contribution is -0.492. The van der Waals surface area contributed by atoms with E-state index in [9.17, 15) is 33.3 Å². The first-order chi connectivity index (χ1) is 18.5. The quantitative estimate of drug-likeness (QED) is 0.0877. The predicted molar refractivity (Wildman–Crippen MR) is 130 cm³/mol. The van der Waals surface area contributed by atoms with Crippen LogP contribution in [0.2, 0.25) is 0 Å². The van der Waals surface area contributed by atoms with Gasteiger partial charge in [-0.3, -0.25) is 20.0 Å². The van der Waals surface area contributed by atoms with Gasteiger partial charge in [0.15, 0.2) is 0 Å². The van der Waals surface area contributed by atoms with Crippen molar-refractivity contribution in [2.45, 2.75) is 63.0 Å².